The van der Waals surface area contributed by atoms with Crippen LogP contribution in [0.2, 0.25) is 0 Å². The van der Waals surface area contributed by atoms with Crippen LogP contribution in [0.25, 0.3) is 0 Å². The monoisotopic (exact) mass is 381 g/mol. The van der Waals surface area contributed by atoms with E-state index in [1.54, 1.807) is 6.42 Å². The Balaban J connectivity index is 0.00000529. The molecule has 0 bridgehead atoms. The van der Waals surface area contributed by atoms with Crippen molar-refractivity contribution in [1.82, 2.24) is 0 Å². The molecule has 2 N–H and O–H groups in total. The van der Waals surface area contributed by atoms with Gasteiger partial charge >= 0.3 is 5.97 Å². The number of carbonyl (C=O) groups excluding carboxylic acids is 2. The zero-order valence-corrected chi connectivity index (χ0v) is 16.5. The average Bonchev–Trinajstić information content (AvgIpc) is 2.46. The fraction of sp³-hybridized carbons (Fsp3) is 0.833. The molecule has 0 saturated heterocycles. The van der Waals surface area contributed by atoms with E-state index in [1.165, 1.54) is 0 Å². The molecule has 24 heavy (non-hydrogen) atoms. The van der Waals surface area contributed by atoms with Gasteiger partial charge in [0.05, 0.1) is 6.10 Å². The van der Waals surface area contributed by atoms with Crippen LogP contribution < -0.4 is 5.73 Å². The molecule has 0 heterocycles. The summed E-state index contributed by atoms with van der Waals surface area (Å²) in [5.41, 5.74) is 5.84. The van der Waals surface area contributed by atoms with Crippen molar-refractivity contribution < 1.29 is 36.1 Å². The summed E-state index contributed by atoms with van der Waals surface area (Å²) in [6, 6.07) is -0.545. The third-order valence-corrected chi connectivity index (χ3v) is 3.97. The Hall–Kier alpha value is -0.711. The standard InChI is InChI=1S/C18H32NO4.Mn/c1-12(2)5-10-17(20)22-14-6-8-15(9-7-14)23-18(21)16(19)11-13(3)4;/h10,12-16H,5-9,11,19H2,1-4H3;/q-1;. The molecule has 1 atom stereocenters. The van der Waals surface area contributed by atoms with Gasteiger partial charge in [-0.1, -0.05) is 33.6 Å². The van der Waals surface area contributed by atoms with Gasteiger partial charge < -0.3 is 15.2 Å². The quantitative estimate of drug-likeness (QED) is 0.397. The minimum Gasteiger partial charge on any atom is -0.485 e. The summed E-state index contributed by atoms with van der Waals surface area (Å²) in [5, 5.41) is 0. The van der Waals surface area contributed by atoms with Crippen molar-refractivity contribution in [1.29, 1.82) is 0 Å². The van der Waals surface area contributed by atoms with Gasteiger partial charge in [-0.3, -0.25) is 16.0 Å². The van der Waals surface area contributed by atoms with E-state index in [0.717, 1.165) is 32.1 Å². The Morgan fingerprint density at radius 2 is 1.50 bits per heavy atom. The Labute approximate surface area is 156 Å². The predicted octanol–water partition coefficient (Wildman–Crippen LogP) is 3.01. The normalized spacial score (nSPS) is 21.8. The zero-order chi connectivity index (χ0) is 17.4. The van der Waals surface area contributed by atoms with Gasteiger partial charge in [0, 0.05) is 17.1 Å². The SMILES string of the molecule is CC(C)C[CH-]C(=O)OC1CCC(OC(=O)C(N)CC(C)C)CC1.[Mn]. The van der Waals surface area contributed by atoms with Crippen molar-refractivity contribution in [2.24, 2.45) is 17.6 Å². The molecule has 6 heteroatoms. The molecule has 1 unspecified atom stereocenters. The number of hydrogen-bond acceptors (Lipinski definition) is 5. The Kier molecular flexibility index (Phi) is 11.4. The summed E-state index contributed by atoms with van der Waals surface area (Å²) in [4.78, 5) is 23.6. The van der Waals surface area contributed by atoms with Crippen LogP contribution in [0, 0.1) is 18.3 Å². The molecule has 0 spiro atoms. The molecular weight excluding hydrogens is 349 g/mol. The predicted molar refractivity (Wildman–Crippen MR) is 89.4 cm³/mol. The number of hydrogen-bond donors (Lipinski definition) is 1. The van der Waals surface area contributed by atoms with E-state index in [2.05, 4.69) is 13.8 Å². The minimum atomic E-state index is -0.545. The van der Waals surface area contributed by atoms with E-state index in [9.17, 15) is 9.59 Å². The van der Waals surface area contributed by atoms with Gasteiger partial charge in [0.2, 0.25) is 0 Å². The van der Waals surface area contributed by atoms with Crippen molar-refractivity contribution in [3.63, 3.8) is 0 Å². The molecule has 5 nitrogen and oxygen atoms in total. The molecule has 1 aliphatic carbocycles. The van der Waals surface area contributed by atoms with E-state index in [1.807, 2.05) is 13.8 Å². The van der Waals surface area contributed by atoms with Gasteiger partial charge in [-0.05, 0) is 38.0 Å². The van der Waals surface area contributed by atoms with Gasteiger partial charge in [0.1, 0.15) is 12.1 Å². The van der Waals surface area contributed by atoms with Crippen LogP contribution in [0.4, 0.5) is 0 Å². The maximum Gasteiger partial charge on any atom is 0.323 e. The summed E-state index contributed by atoms with van der Waals surface area (Å²) in [5.74, 6) is 0.269. The second-order valence-electron chi connectivity index (χ2n) is 7.34. The van der Waals surface area contributed by atoms with Crippen LogP contribution in [-0.2, 0) is 36.1 Å². The van der Waals surface area contributed by atoms with Crippen LogP contribution in [0.3, 0.4) is 0 Å². The molecule has 141 valence electrons. The van der Waals surface area contributed by atoms with E-state index in [4.69, 9.17) is 15.2 Å². The van der Waals surface area contributed by atoms with E-state index in [-0.39, 0.29) is 41.2 Å². The summed E-state index contributed by atoms with van der Waals surface area (Å²) in [6.45, 7) is 8.19. The first-order valence-corrected chi connectivity index (χ1v) is 8.77. The topological polar surface area (TPSA) is 78.6 Å². The van der Waals surface area contributed by atoms with Gasteiger partial charge in [0.15, 0.2) is 5.97 Å². The smallest absolute Gasteiger partial charge is 0.323 e. The number of esters is 2. The number of ether oxygens (including phenoxy) is 2. The summed E-state index contributed by atoms with van der Waals surface area (Å²) >= 11 is 0. The number of carbonyl (C=O) groups is 2. The molecule has 1 radical (unpaired) electrons. The maximum absolute atomic E-state index is 11.9. The van der Waals surface area contributed by atoms with E-state index < -0.39 is 6.04 Å². The molecule has 1 fully saturated rings. The van der Waals surface area contributed by atoms with Gasteiger partial charge in [-0.25, -0.2) is 0 Å². The molecule has 1 rings (SSSR count). The van der Waals surface area contributed by atoms with Crippen molar-refractivity contribution in [3.8, 4) is 0 Å². The molecule has 0 aromatic rings. The van der Waals surface area contributed by atoms with Crippen LogP contribution in [0.15, 0.2) is 0 Å². The third kappa shape index (κ3) is 9.55. The average molecular weight is 381 g/mol. The zero-order valence-electron chi connectivity index (χ0n) is 15.3. The van der Waals surface area contributed by atoms with Gasteiger partial charge in [-0.15, -0.1) is 0 Å². The van der Waals surface area contributed by atoms with Crippen molar-refractivity contribution in [3.05, 3.63) is 6.42 Å². The van der Waals surface area contributed by atoms with Crippen molar-refractivity contribution >= 4 is 11.9 Å². The van der Waals surface area contributed by atoms with Gasteiger partial charge in [0.25, 0.3) is 0 Å². The molecular formula is C18H32MnNO4-. The van der Waals surface area contributed by atoms with Crippen molar-refractivity contribution in [2.75, 3.05) is 0 Å². The van der Waals surface area contributed by atoms with Crippen LogP contribution in [0.5, 0.6) is 0 Å². The van der Waals surface area contributed by atoms with Crippen LogP contribution in [0.1, 0.15) is 66.2 Å². The Bertz CT molecular complexity index is 379. The summed E-state index contributed by atoms with van der Waals surface area (Å²) in [6.07, 6.45) is 5.74. The summed E-state index contributed by atoms with van der Waals surface area (Å²) in [7, 11) is 0. The van der Waals surface area contributed by atoms with E-state index >= 15 is 0 Å². The Morgan fingerprint density at radius 1 is 1.00 bits per heavy atom. The first kappa shape index (κ1) is 23.3. The maximum atomic E-state index is 11.9. The first-order valence-electron chi connectivity index (χ1n) is 8.77. The fourth-order valence-corrected chi connectivity index (χ4v) is 2.67. The second kappa shape index (κ2) is 11.8. The van der Waals surface area contributed by atoms with E-state index in [0.29, 0.717) is 18.3 Å². The van der Waals surface area contributed by atoms with Crippen molar-refractivity contribution in [2.45, 2.75) is 84.5 Å². The largest absolute Gasteiger partial charge is 0.485 e. The second-order valence-corrected chi connectivity index (χ2v) is 7.34. The first-order chi connectivity index (χ1) is 10.8. The summed E-state index contributed by atoms with van der Waals surface area (Å²) < 4.78 is 10.9. The van der Waals surface area contributed by atoms with Crippen LogP contribution >= 0.6 is 0 Å². The Morgan fingerprint density at radius 3 is 1.96 bits per heavy atom. The molecule has 0 aromatic carbocycles. The molecule has 0 aliphatic heterocycles. The number of nitrogens with two attached hydrogens (primary N) is 1. The minimum absolute atomic E-state index is 0. The molecule has 1 saturated carbocycles. The molecule has 0 aromatic heterocycles. The molecule has 1 aliphatic rings. The molecule has 0 amide bonds. The fourth-order valence-electron chi connectivity index (χ4n) is 2.67. The number of rotatable bonds is 8. The van der Waals surface area contributed by atoms with Crippen LogP contribution in [-0.4, -0.2) is 30.2 Å². The van der Waals surface area contributed by atoms with Gasteiger partial charge in [-0.2, -0.15) is 6.42 Å². The third-order valence-electron chi connectivity index (χ3n) is 3.97.